The predicted molar refractivity (Wildman–Crippen MR) is 180 cm³/mol. The Hall–Kier alpha value is -2.84. The minimum absolute atomic E-state index is 0.293. The number of nitrogens with zero attached hydrogens (tertiary/aromatic N) is 2. The van der Waals surface area contributed by atoms with E-state index < -0.39 is 8.07 Å². The molecule has 4 amide bonds. The zero-order valence-corrected chi connectivity index (χ0v) is 28.4. The number of fused-ring (bicyclic) bond motifs is 3. The standard InChI is InChI=1S/C35H46N2O4SSi/c1-6-8-10-12-14-16-20-36-32(38)23-18-19-24-28-27(23)29(34(36)40)25-22-26(43(3,4)5)42-31(25)30(28)35(41)37(33(24)39)21-17-15-13-11-9-7-2/h18-19,22H,6-17,20-21H2,1-5H3. The van der Waals surface area contributed by atoms with Crippen molar-refractivity contribution >= 4 is 68.4 Å². The highest BCUT2D eigenvalue weighted by molar-refractivity contribution is 7.31. The third-order valence-corrected chi connectivity index (χ3v) is 13.7. The molecular weight excluding hydrogens is 573 g/mol. The van der Waals surface area contributed by atoms with Crippen LogP contribution in [0.3, 0.4) is 0 Å². The number of carbonyl (C=O) groups is 4. The van der Waals surface area contributed by atoms with Gasteiger partial charge in [-0.3, -0.25) is 29.0 Å². The van der Waals surface area contributed by atoms with Crippen LogP contribution < -0.4 is 4.50 Å². The van der Waals surface area contributed by atoms with Crippen molar-refractivity contribution in [2.75, 3.05) is 13.1 Å². The molecule has 43 heavy (non-hydrogen) atoms. The molecule has 6 nitrogen and oxygen atoms in total. The molecule has 0 bridgehead atoms. The lowest BCUT2D eigenvalue weighted by molar-refractivity contribution is 0.0588. The molecule has 0 N–H and O–H groups in total. The van der Waals surface area contributed by atoms with Gasteiger partial charge in [0.15, 0.2) is 0 Å². The van der Waals surface area contributed by atoms with Gasteiger partial charge in [0.25, 0.3) is 23.6 Å². The van der Waals surface area contributed by atoms with Crippen molar-refractivity contribution in [1.82, 2.24) is 9.80 Å². The predicted octanol–water partition coefficient (Wildman–Crippen LogP) is 8.51. The fourth-order valence-electron chi connectivity index (χ4n) is 6.54. The summed E-state index contributed by atoms with van der Waals surface area (Å²) in [7, 11) is -1.80. The summed E-state index contributed by atoms with van der Waals surface area (Å²) in [6, 6.07) is 5.53. The van der Waals surface area contributed by atoms with Crippen molar-refractivity contribution in [2.45, 2.75) is 111 Å². The van der Waals surface area contributed by atoms with Crippen LogP contribution in [0.5, 0.6) is 0 Å². The summed E-state index contributed by atoms with van der Waals surface area (Å²) in [6.45, 7) is 11.9. The second-order valence-electron chi connectivity index (χ2n) is 13.3. The molecule has 0 radical (unpaired) electrons. The molecule has 0 saturated carbocycles. The van der Waals surface area contributed by atoms with Gasteiger partial charge in [-0.15, -0.1) is 11.3 Å². The molecule has 0 unspecified atom stereocenters. The van der Waals surface area contributed by atoms with E-state index in [2.05, 4.69) is 39.6 Å². The van der Waals surface area contributed by atoms with Gasteiger partial charge in [0.1, 0.15) is 0 Å². The van der Waals surface area contributed by atoms with Gasteiger partial charge in [-0.1, -0.05) is 97.7 Å². The smallest absolute Gasteiger partial charge is 0.262 e. The summed E-state index contributed by atoms with van der Waals surface area (Å²) in [6.07, 6.45) is 12.8. The van der Waals surface area contributed by atoms with E-state index in [9.17, 15) is 19.2 Å². The Morgan fingerprint density at radius 3 is 1.53 bits per heavy atom. The van der Waals surface area contributed by atoms with Crippen LogP contribution in [0.4, 0.5) is 0 Å². The van der Waals surface area contributed by atoms with E-state index in [4.69, 9.17) is 0 Å². The third kappa shape index (κ3) is 5.85. The Morgan fingerprint density at radius 2 is 1.05 bits per heavy atom. The minimum Gasteiger partial charge on any atom is -0.274 e. The lowest BCUT2D eigenvalue weighted by Gasteiger charge is -2.32. The number of imide groups is 2. The molecule has 8 heteroatoms. The molecule has 2 aliphatic heterocycles. The normalized spacial score (nSPS) is 15.1. The number of hydrogen-bond acceptors (Lipinski definition) is 5. The van der Waals surface area contributed by atoms with Gasteiger partial charge >= 0.3 is 0 Å². The summed E-state index contributed by atoms with van der Waals surface area (Å²) in [5.41, 5.74) is 1.83. The van der Waals surface area contributed by atoms with Gasteiger partial charge in [-0.2, -0.15) is 0 Å². The van der Waals surface area contributed by atoms with Gasteiger partial charge < -0.3 is 0 Å². The Balaban J connectivity index is 1.59. The highest BCUT2D eigenvalue weighted by Crippen LogP contribution is 2.44. The summed E-state index contributed by atoms with van der Waals surface area (Å²) < 4.78 is 1.98. The van der Waals surface area contributed by atoms with Crippen molar-refractivity contribution in [3.63, 3.8) is 0 Å². The number of carbonyl (C=O) groups excluding carboxylic acids is 4. The topological polar surface area (TPSA) is 74.8 Å². The fraction of sp³-hybridized carbons (Fsp3) is 0.543. The van der Waals surface area contributed by atoms with Crippen LogP contribution in [0.25, 0.3) is 20.9 Å². The Morgan fingerprint density at radius 1 is 0.605 bits per heavy atom. The molecular formula is C35H46N2O4SSi. The first-order chi connectivity index (χ1) is 20.6. The van der Waals surface area contributed by atoms with Crippen molar-refractivity contribution in [2.24, 2.45) is 0 Å². The van der Waals surface area contributed by atoms with E-state index in [1.165, 1.54) is 52.8 Å². The van der Waals surface area contributed by atoms with Crippen LogP contribution in [0.2, 0.25) is 19.6 Å². The van der Waals surface area contributed by atoms with E-state index in [-0.39, 0.29) is 23.6 Å². The largest absolute Gasteiger partial charge is 0.274 e. The van der Waals surface area contributed by atoms with Gasteiger partial charge in [0, 0.05) is 45.1 Å². The zero-order valence-electron chi connectivity index (χ0n) is 26.6. The molecule has 0 atom stereocenters. The molecule has 0 aliphatic carbocycles. The van der Waals surface area contributed by atoms with Gasteiger partial charge in [0.05, 0.1) is 19.2 Å². The van der Waals surface area contributed by atoms with Crippen molar-refractivity contribution in [3.05, 3.63) is 40.5 Å². The molecule has 0 saturated heterocycles. The van der Waals surface area contributed by atoms with Crippen LogP contribution in [0.1, 0.15) is 132 Å². The minimum atomic E-state index is -1.80. The highest BCUT2D eigenvalue weighted by atomic mass is 32.1. The fourth-order valence-corrected chi connectivity index (χ4v) is 9.60. The van der Waals surface area contributed by atoms with Crippen LogP contribution in [-0.2, 0) is 0 Å². The highest BCUT2D eigenvalue weighted by Gasteiger charge is 2.42. The average Bonchev–Trinajstić information content (AvgIpc) is 3.42. The van der Waals surface area contributed by atoms with E-state index in [1.807, 2.05) is 0 Å². The maximum absolute atomic E-state index is 14.2. The first kappa shape index (κ1) is 31.6. The molecule has 3 aromatic rings. The van der Waals surface area contributed by atoms with Crippen molar-refractivity contribution in [1.29, 1.82) is 0 Å². The Kier molecular flexibility index (Phi) is 9.57. The van der Waals surface area contributed by atoms with Crippen LogP contribution in [-0.4, -0.2) is 54.6 Å². The van der Waals surface area contributed by atoms with Gasteiger partial charge in [-0.05, 0) is 35.5 Å². The maximum atomic E-state index is 14.2. The number of thiophene rings is 1. The molecule has 5 rings (SSSR count). The zero-order chi connectivity index (χ0) is 30.9. The molecule has 2 aromatic carbocycles. The van der Waals surface area contributed by atoms with Crippen LogP contribution in [0.15, 0.2) is 18.2 Å². The molecule has 3 heterocycles. The Labute approximate surface area is 260 Å². The number of benzene rings is 2. The Bertz CT molecular complexity index is 1480. The maximum Gasteiger partial charge on any atom is 0.262 e. The lowest BCUT2D eigenvalue weighted by Crippen LogP contribution is -2.44. The summed E-state index contributed by atoms with van der Waals surface area (Å²) in [5.74, 6) is -1.23. The molecule has 1 aromatic heterocycles. The summed E-state index contributed by atoms with van der Waals surface area (Å²) in [5, 5.41) is 1.75. The van der Waals surface area contributed by atoms with Crippen molar-refractivity contribution in [3.8, 4) is 0 Å². The average molecular weight is 619 g/mol. The summed E-state index contributed by atoms with van der Waals surface area (Å²) >= 11 is 1.60. The SMILES string of the molecule is CCCCCCCCN1C(=O)c2ccc3c4c(c5sc([Si](C)(C)C)cc5c(c24)C1=O)C(=O)N(CCCCCCCC)C3=O. The number of unbranched alkanes of at least 4 members (excludes halogenated alkanes) is 10. The van der Waals surface area contributed by atoms with Gasteiger partial charge in [-0.25, -0.2) is 0 Å². The monoisotopic (exact) mass is 618 g/mol. The second-order valence-corrected chi connectivity index (χ2v) is 19.8. The van der Waals surface area contributed by atoms with Crippen LogP contribution >= 0.6 is 11.3 Å². The number of amides is 4. The lowest BCUT2D eigenvalue weighted by atomic mass is 9.84. The molecule has 230 valence electrons. The van der Waals surface area contributed by atoms with E-state index in [0.29, 0.717) is 46.1 Å². The third-order valence-electron chi connectivity index (χ3n) is 9.01. The van der Waals surface area contributed by atoms with Crippen molar-refractivity contribution < 1.29 is 19.2 Å². The molecule has 0 spiro atoms. The van der Waals surface area contributed by atoms with E-state index >= 15 is 0 Å². The number of rotatable bonds is 15. The second kappa shape index (κ2) is 13.0. The number of hydrogen-bond donors (Lipinski definition) is 0. The first-order valence-corrected chi connectivity index (χ1v) is 20.7. The molecule has 0 fully saturated rings. The van der Waals surface area contributed by atoms with Crippen LogP contribution in [0, 0.1) is 0 Å². The summed E-state index contributed by atoms with van der Waals surface area (Å²) in [4.78, 5) is 58.9. The van der Waals surface area contributed by atoms with Gasteiger partial charge in [0.2, 0.25) is 0 Å². The van der Waals surface area contributed by atoms with E-state index in [0.717, 1.165) is 48.6 Å². The quantitative estimate of drug-likeness (QED) is 0.0972. The molecule has 2 aliphatic rings. The first-order valence-electron chi connectivity index (χ1n) is 16.4. The van der Waals surface area contributed by atoms with E-state index in [1.54, 1.807) is 23.5 Å².